The summed E-state index contributed by atoms with van der Waals surface area (Å²) in [7, 11) is 1.51. The Balaban J connectivity index is 1.24. The van der Waals surface area contributed by atoms with Crippen LogP contribution in [0.4, 0.5) is 4.79 Å². The van der Waals surface area contributed by atoms with Gasteiger partial charge in [0.1, 0.15) is 6.04 Å². The number of ether oxygens (including phenoxy) is 2. The van der Waals surface area contributed by atoms with Gasteiger partial charge in [0.15, 0.2) is 0 Å². The summed E-state index contributed by atoms with van der Waals surface area (Å²) in [6, 6.07) is 1.14. The van der Waals surface area contributed by atoms with Gasteiger partial charge in [0.05, 0.1) is 13.7 Å². The van der Waals surface area contributed by atoms with Crippen LogP contribution in [0, 0.1) is 5.41 Å². The summed E-state index contributed by atoms with van der Waals surface area (Å²) >= 11 is 0. The number of methoxy groups -OCH3 is 1. The summed E-state index contributed by atoms with van der Waals surface area (Å²) in [5.41, 5.74) is 0.330. The van der Waals surface area contributed by atoms with Crippen LogP contribution >= 0.6 is 0 Å². The van der Waals surface area contributed by atoms with Crippen molar-refractivity contribution < 1.29 is 19.1 Å². The zero-order valence-electron chi connectivity index (χ0n) is 18.1. The molecule has 4 aliphatic rings. The molecule has 4 rings (SSSR count). The van der Waals surface area contributed by atoms with Crippen LogP contribution < -0.4 is 0 Å². The highest BCUT2D eigenvalue weighted by Crippen LogP contribution is 2.50. The van der Waals surface area contributed by atoms with Crippen molar-refractivity contribution in [2.75, 3.05) is 46.4 Å². The second-order valence-corrected chi connectivity index (χ2v) is 9.47. The Bertz CT molecular complexity index is 599. The summed E-state index contributed by atoms with van der Waals surface area (Å²) in [5, 5.41) is 0. The first kappa shape index (κ1) is 20.9. The zero-order chi connectivity index (χ0) is 20.4. The molecule has 29 heavy (non-hydrogen) atoms. The van der Waals surface area contributed by atoms with Crippen LogP contribution in [0.1, 0.15) is 58.3 Å². The Morgan fingerprint density at radius 1 is 1.00 bits per heavy atom. The molecule has 0 N–H and O–H groups in total. The highest BCUT2D eigenvalue weighted by molar-refractivity contribution is 5.75. The highest BCUT2D eigenvalue weighted by atomic mass is 16.6. The van der Waals surface area contributed by atoms with E-state index in [-0.39, 0.29) is 18.1 Å². The Kier molecular flexibility index (Phi) is 6.35. The topological polar surface area (TPSA) is 62.3 Å². The van der Waals surface area contributed by atoms with Gasteiger partial charge in [0, 0.05) is 25.2 Å². The largest absolute Gasteiger partial charge is 0.468 e. The normalized spacial score (nSPS) is 34.2. The maximum absolute atomic E-state index is 12.2. The maximum Gasteiger partial charge on any atom is 0.409 e. The first-order valence-corrected chi connectivity index (χ1v) is 11.5. The Hall–Kier alpha value is -1.34. The van der Waals surface area contributed by atoms with E-state index < -0.39 is 0 Å². The smallest absolute Gasteiger partial charge is 0.409 e. The van der Waals surface area contributed by atoms with E-state index in [1.165, 1.54) is 26.4 Å². The summed E-state index contributed by atoms with van der Waals surface area (Å²) < 4.78 is 10.2. The minimum atomic E-state index is -0.143. The van der Waals surface area contributed by atoms with Crippen LogP contribution in [0.3, 0.4) is 0 Å². The van der Waals surface area contributed by atoms with Crippen LogP contribution in [-0.2, 0) is 14.3 Å². The molecular formula is C22H37N3O4. The highest BCUT2D eigenvalue weighted by Gasteiger charge is 2.51. The van der Waals surface area contributed by atoms with Crippen molar-refractivity contribution in [2.24, 2.45) is 5.41 Å². The molecule has 3 heterocycles. The third-order valence-electron chi connectivity index (χ3n) is 7.80. The lowest BCUT2D eigenvalue weighted by Crippen LogP contribution is -2.58. The molecule has 0 bridgehead atoms. The fourth-order valence-corrected chi connectivity index (χ4v) is 6.20. The van der Waals surface area contributed by atoms with Crippen molar-refractivity contribution in [3.8, 4) is 0 Å². The average Bonchev–Trinajstić information content (AvgIpc) is 3.19. The fourth-order valence-electron chi connectivity index (χ4n) is 6.20. The third kappa shape index (κ3) is 4.26. The van der Waals surface area contributed by atoms with E-state index in [2.05, 4.69) is 9.80 Å². The van der Waals surface area contributed by atoms with Crippen molar-refractivity contribution in [3.63, 3.8) is 0 Å². The molecule has 3 aliphatic heterocycles. The van der Waals surface area contributed by atoms with Crippen LogP contribution in [0.2, 0.25) is 0 Å². The monoisotopic (exact) mass is 407 g/mol. The summed E-state index contributed by atoms with van der Waals surface area (Å²) in [4.78, 5) is 31.2. The van der Waals surface area contributed by atoms with Crippen LogP contribution in [-0.4, -0.2) is 91.3 Å². The van der Waals surface area contributed by atoms with E-state index in [0.717, 1.165) is 64.8 Å². The Morgan fingerprint density at radius 2 is 1.76 bits per heavy atom. The van der Waals surface area contributed by atoms with Gasteiger partial charge in [-0.1, -0.05) is 6.42 Å². The van der Waals surface area contributed by atoms with Gasteiger partial charge in [-0.05, 0) is 76.9 Å². The fraction of sp³-hybridized carbons (Fsp3) is 0.909. The summed E-state index contributed by atoms with van der Waals surface area (Å²) in [6.45, 7) is 7.30. The molecule has 1 saturated carbocycles. The molecule has 7 heteroatoms. The molecule has 0 aromatic heterocycles. The van der Waals surface area contributed by atoms with E-state index in [9.17, 15) is 9.59 Å². The number of nitrogens with zero attached hydrogens (tertiary/aromatic N) is 3. The third-order valence-corrected chi connectivity index (χ3v) is 7.80. The number of esters is 1. The number of carbonyl (C=O) groups is 2. The van der Waals surface area contributed by atoms with Gasteiger partial charge in [-0.2, -0.15) is 0 Å². The van der Waals surface area contributed by atoms with Gasteiger partial charge in [-0.15, -0.1) is 0 Å². The van der Waals surface area contributed by atoms with Gasteiger partial charge in [0.25, 0.3) is 0 Å². The average molecular weight is 408 g/mol. The van der Waals surface area contributed by atoms with E-state index in [1.54, 1.807) is 0 Å². The molecular weight excluding hydrogens is 370 g/mol. The SMILES string of the molecule is CCOC(=O)N1CCC2(CC(N3CCC(N4CCCCC4C(=O)OC)CC3)C2)C1. The second-order valence-electron chi connectivity index (χ2n) is 9.47. The van der Waals surface area contributed by atoms with Gasteiger partial charge in [-0.3, -0.25) is 9.69 Å². The molecule has 3 saturated heterocycles. The minimum Gasteiger partial charge on any atom is -0.468 e. The molecule has 1 spiro atoms. The number of hydrogen-bond donors (Lipinski definition) is 0. The second kappa shape index (κ2) is 8.80. The lowest BCUT2D eigenvalue weighted by Gasteiger charge is -2.52. The van der Waals surface area contributed by atoms with Crippen molar-refractivity contribution >= 4 is 12.1 Å². The van der Waals surface area contributed by atoms with E-state index >= 15 is 0 Å². The Morgan fingerprint density at radius 3 is 2.45 bits per heavy atom. The predicted octanol–water partition coefficient (Wildman–Crippen LogP) is 2.49. The number of hydrogen-bond acceptors (Lipinski definition) is 6. The van der Waals surface area contributed by atoms with E-state index in [1.807, 2.05) is 11.8 Å². The van der Waals surface area contributed by atoms with Crippen molar-refractivity contribution in [1.29, 1.82) is 0 Å². The predicted molar refractivity (Wildman–Crippen MR) is 110 cm³/mol. The molecule has 1 amide bonds. The van der Waals surface area contributed by atoms with Gasteiger partial charge >= 0.3 is 12.1 Å². The zero-order valence-corrected chi connectivity index (χ0v) is 18.1. The summed E-state index contributed by atoms with van der Waals surface area (Å²) in [5.74, 6) is -0.0551. The first-order valence-electron chi connectivity index (χ1n) is 11.5. The number of piperidine rings is 2. The number of carbonyl (C=O) groups excluding carboxylic acids is 2. The molecule has 0 aromatic carbocycles. The molecule has 0 aromatic rings. The first-order chi connectivity index (χ1) is 14.0. The van der Waals surface area contributed by atoms with Crippen molar-refractivity contribution in [1.82, 2.24) is 14.7 Å². The number of amides is 1. The lowest BCUT2D eigenvalue weighted by molar-refractivity contribution is -0.150. The molecule has 164 valence electrons. The maximum atomic E-state index is 12.2. The van der Waals surface area contributed by atoms with Crippen LogP contribution in [0.25, 0.3) is 0 Å². The Labute approximate surface area is 174 Å². The quantitative estimate of drug-likeness (QED) is 0.668. The molecule has 0 radical (unpaired) electrons. The van der Waals surface area contributed by atoms with Crippen LogP contribution in [0.15, 0.2) is 0 Å². The molecule has 1 aliphatic carbocycles. The number of rotatable bonds is 4. The van der Waals surface area contributed by atoms with Crippen molar-refractivity contribution in [2.45, 2.75) is 76.4 Å². The molecule has 1 atom stereocenters. The molecule has 7 nitrogen and oxygen atoms in total. The van der Waals surface area contributed by atoms with Gasteiger partial charge in [-0.25, -0.2) is 4.79 Å². The minimum absolute atomic E-state index is 0.0374. The van der Waals surface area contributed by atoms with Gasteiger partial charge < -0.3 is 19.3 Å². The summed E-state index contributed by atoms with van der Waals surface area (Å²) in [6.07, 6.45) is 8.94. The standard InChI is InChI=1S/C22H37N3O4/c1-3-29-21(27)24-13-9-22(16-24)14-18(15-22)23-11-7-17(8-12-23)25-10-5-4-6-19(25)20(26)28-2/h17-19H,3-16H2,1-2H3. The van der Waals surface area contributed by atoms with Crippen molar-refractivity contribution in [3.05, 3.63) is 0 Å². The molecule has 1 unspecified atom stereocenters. The molecule has 4 fully saturated rings. The lowest BCUT2D eigenvalue weighted by atomic mass is 9.64. The van der Waals surface area contributed by atoms with Crippen LogP contribution in [0.5, 0.6) is 0 Å². The van der Waals surface area contributed by atoms with Gasteiger partial charge in [0.2, 0.25) is 0 Å². The number of likely N-dealkylation sites (tertiary alicyclic amines) is 3. The van der Waals surface area contributed by atoms with E-state index in [0.29, 0.717) is 24.1 Å². The van der Waals surface area contributed by atoms with E-state index in [4.69, 9.17) is 9.47 Å².